The van der Waals surface area contributed by atoms with E-state index < -0.39 is 0 Å². The molecule has 0 saturated carbocycles. The summed E-state index contributed by atoms with van der Waals surface area (Å²) in [5, 5.41) is 4.70. The molecular weight excluding hydrogens is 278 g/mol. The Bertz CT molecular complexity index is 749. The molecule has 0 aliphatic carbocycles. The minimum atomic E-state index is 0.195. The molecule has 3 aromatic rings. The number of thiophene rings is 1. The van der Waals surface area contributed by atoms with Gasteiger partial charge in [-0.3, -0.25) is 0 Å². The number of rotatable bonds is 4. The SMILES string of the molecule is CCc1oc2ccccc2c1C(NC)c1cc(C)c(C)s1. The maximum atomic E-state index is 6.05. The molecule has 1 atom stereocenters. The van der Waals surface area contributed by atoms with Crippen molar-refractivity contribution >= 4 is 22.3 Å². The summed E-state index contributed by atoms with van der Waals surface area (Å²) in [5.41, 5.74) is 3.63. The first-order chi connectivity index (χ1) is 10.2. The quantitative estimate of drug-likeness (QED) is 0.735. The number of hydrogen-bond acceptors (Lipinski definition) is 3. The van der Waals surface area contributed by atoms with E-state index in [1.807, 2.05) is 24.5 Å². The van der Waals surface area contributed by atoms with Crippen LogP contribution < -0.4 is 5.32 Å². The van der Waals surface area contributed by atoms with E-state index in [-0.39, 0.29) is 6.04 Å². The van der Waals surface area contributed by atoms with Gasteiger partial charge in [-0.15, -0.1) is 11.3 Å². The van der Waals surface area contributed by atoms with Crippen molar-refractivity contribution in [1.82, 2.24) is 5.32 Å². The summed E-state index contributed by atoms with van der Waals surface area (Å²) in [5.74, 6) is 1.08. The van der Waals surface area contributed by atoms with E-state index in [4.69, 9.17) is 4.42 Å². The standard InChI is InChI=1S/C18H21NOS/c1-5-14-17(13-8-6-7-9-15(13)20-14)18(19-4)16-10-11(2)12(3)21-16/h6-10,18-19H,5H2,1-4H3. The number of aryl methyl sites for hydroxylation is 3. The zero-order chi connectivity index (χ0) is 15.0. The van der Waals surface area contributed by atoms with E-state index in [0.717, 1.165) is 17.8 Å². The van der Waals surface area contributed by atoms with Crippen LogP contribution >= 0.6 is 11.3 Å². The molecule has 3 heteroatoms. The predicted molar refractivity (Wildman–Crippen MR) is 90.3 cm³/mol. The van der Waals surface area contributed by atoms with Gasteiger partial charge in [0.15, 0.2) is 0 Å². The van der Waals surface area contributed by atoms with Crippen LogP contribution in [0.25, 0.3) is 11.0 Å². The molecule has 110 valence electrons. The van der Waals surface area contributed by atoms with Crippen molar-refractivity contribution in [3.63, 3.8) is 0 Å². The minimum Gasteiger partial charge on any atom is -0.461 e. The summed E-state index contributed by atoms with van der Waals surface area (Å²) in [4.78, 5) is 2.74. The Labute approximate surface area is 129 Å². The van der Waals surface area contributed by atoms with Gasteiger partial charge in [0.2, 0.25) is 0 Å². The number of fused-ring (bicyclic) bond motifs is 1. The Morgan fingerprint density at radius 1 is 1.24 bits per heavy atom. The fraction of sp³-hybridized carbons (Fsp3) is 0.333. The smallest absolute Gasteiger partial charge is 0.134 e. The molecule has 0 aliphatic rings. The van der Waals surface area contributed by atoms with E-state index in [9.17, 15) is 0 Å². The third-order valence-electron chi connectivity index (χ3n) is 4.08. The second-order valence-electron chi connectivity index (χ2n) is 5.40. The van der Waals surface area contributed by atoms with Gasteiger partial charge in [0, 0.05) is 27.1 Å². The van der Waals surface area contributed by atoms with Crippen molar-refractivity contribution in [3.8, 4) is 0 Å². The van der Waals surface area contributed by atoms with E-state index in [1.165, 1.54) is 26.3 Å². The van der Waals surface area contributed by atoms with Gasteiger partial charge in [-0.1, -0.05) is 25.1 Å². The Kier molecular flexibility index (Phi) is 3.87. The number of hydrogen-bond donors (Lipinski definition) is 1. The Morgan fingerprint density at radius 2 is 2.00 bits per heavy atom. The second kappa shape index (κ2) is 5.66. The summed E-state index contributed by atoms with van der Waals surface area (Å²) in [6.07, 6.45) is 0.908. The average Bonchev–Trinajstić information content (AvgIpc) is 3.02. The molecule has 1 N–H and O–H groups in total. The topological polar surface area (TPSA) is 25.2 Å². The molecule has 2 aromatic heterocycles. The summed E-state index contributed by atoms with van der Waals surface area (Å²) in [6.45, 7) is 6.51. The molecule has 0 fully saturated rings. The minimum absolute atomic E-state index is 0.195. The summed E-state index contributed by atoms with van der Waals surface area (Å²) in [6, 6.07) is 10.8. The van der Waals surface area contributed by atoms with Crippen LogP contribution in [0.4, 0.5) is 0 Å². The summed E-state index contributed by atoms with van der Waals surface area (Å²) >= 11 is 1.87. The van der Waals surface area contributed by atoms with Gasteiger partial charge < -0.3 is 9.73 Å². The normalized spacial score (nSPS) is 13.0. The van der Waals surface area contributed by atoms with Crippen LogP contribution in [0.15, 0.2) is 34.7 Å². The lowest BCUT2D eigenvalue weighted by Crippen LogP contribution is -2.17. The molecule has 3 rings (SSSR count). The third-order valence-corrected chi connectivity index (χ3v) is 5.30. The Hall–Kier alpha value is -1.58. The van der Waals surface area contributed by atoms with E-state index in [2.05, 4.69) is 50.4 Å². The Balaban J connectivity index is 2.20. The van der Waals surface area contributed by atoms with Crippen molar-refractivity contribution in [1.29, 1.82) is 0 Å². The molecule has 2 heterocycles. The van der Waals surface area contributed by atoms with Crippen LogP contribution in [-0.2, 0) is 6.42 Å². The lowest BCUT2D eigenvalue weighted by molar-refractivity contribution is 0.540. The number of para-hydroxylation sites is 1. The third kappa shape index (κ3) is 2.41. The van der Waals surface area contributed by atoms with E-state index in [1.54, 1.807) is 0 Å². The summed E-state index contributed by atoms with van der Waals surface area (Å²) < 4.78 is 6.05. The van der Waals surface area contributed by atoms with E-state index in [0.29, 0.717) is 0 Å². The number of nitrogens with one attached hydrogen (secondary N) is 1. The van der Waals surface area contributed by atoms with Gasteiger partial charge in [-0.05, 0) is 38.6 Å². The molecule has 0 amide bonds. The lowest BCUT2D eigenvalue weighted by Gasteiger charge is -2.15. The molecule has 0 saturated heterocycles. The zero-order valence-corrected chi connectivity index (χ0v) is 13.8. The highest BCUT2D eigenvalue weighted by Gasteiger charge is 2.23. The van der Waals surface area contributed by atoms with E-state index >= 15 is 0 Å². The van der Waals surface area contributed by atoms with Crippen LogP contribution in [0.5, 0.6) is 0 Å². The number of furan rings is 1. The first-order valence-corrected chi connectivity index (χ1v) is 8.21. The lowest BCUT2D eigenvalue weighted by atomic mass is 10.00. The van der Waals surface area contributed by atoms with Crippen LogP contribution in [0.3, 0.4) is 0 Å². The zero-order valence-electron chi connectivity index (χ0n) is 13.0. The fourth-order valence-electron chi connectivity index (χ4n) is 2.87. The molecule has 1 unspecified atom stereocenters. The Morgan fingerprint density at radius 3 is 2.62 bits per heavy atom. The summed E-state index contributed by atoms with van der Waals surface area (Å²) in [7, 11) is 2.02. The van der Waals surface area contributed by atoms with Crippen LogP contribution in [-0.4, -0.2) is 7.05 Å². The first-order valence-electron chi connectivity index (χ1n) is 7.40. The highest BCUT2D eigenvalue weighted by Crippen LogP contribution is 2.37. The predicted octanol–water partition coefficient (Wildman–Crippen LogP) is 4.98. The van der Waals surface area contributed by atoms with Crippen molar-refractivity contribution in [2.75, 3.05) is 7.05 Å². The molecule has 2 nitrogen and oxygen atoms in total. The molecule has 1 aromatic carbocycles. The van der Waals surface area contributed by atoms with Crippen molar-refractivity contribution < 1.29 is 4.42 Å². The van der Waals surface area contributed by atoms with Crippen LogP contribution in [0.1, 0.15) is 39.6 Å². The highest BCUT2D eigenvalue weighted by molar-refractivity contribution is 7.12. The van der Waals surface area contributed by atoms with Gasteiger partial charge in [-0.25, -0.2) is 0 Å². The molecule has 0 spiro atoms. The van der Waals surface area contributed by atoms with Crippen LogP contribution in [0.2, 0.25) is 0 Å². The molecule has 0 bridgehead atoms. The van der Waals surface area contributed by atoms with Gasteiger partial charge in [0.25, 0.3) is 0 Å². The largest absolute Gasteiger partial charge is 0.461 e. The van der Waals surface area contributed by atoms with Crippen LogP contribution in [0, 0.1) is 13.8 Å². The average molecular weight is 299 g/mol. The molecule has 21 heavy (non-hydrogen) atoms. The highest BCUT2D eigenvalue weighted by atomic mass is 32.1. The van der Waals surface area contributed by atoms with Gasteiger partial charge >= 0.3 is 0 Å². The molecule has 0 radical (unpaired) electrons. The maximum absolute atomic E-state index is 6.05. The monoisotopic (exact) mass is 299 g/mol. The first kappa shape index (κ1) is 14.4. The second-order valence-corrected chi connectivity index (χ2v) is 6.69. The molecule has 0 aliphatic heterocycles. The van der Waals surface area contributed by atoms with Crippen molar-refractivity contribution in [2.24, 2.45) is 0 Å². The number of benzene rings is 1. The van der Waals surface area contributed by atoms with Gasteiger partial charge in [-0.2, -0.15) is 0 Å². The van der Waals surface area contributed by atoms with Crippen molar-refractivity contribution in [3.05, 3.63) is 57.0 Å². The molecular formula is C18H21NOS. The van der Waals surface area contributed by atoms with Gasteiger partial charge in [0.1, 0.15) is 11.3 Å². The fourth-order valence-corrected chi connectivity index (χ4v) is 4.03. The maximum Gasteiger partial charge on any atom is 0.134 e. The van der Waals surface area contributed by atoms with Crippen molar-refractivity contribution in [2.45, 2.75) is 33.2 Å². The van der Waals surface area contributed by atoms with Gasteiger partial charge in [0.05, 0.1) is 6.04 Å².